The summed E-state index contributed by atoms with van der Waals surface area (Å²) in [5.41, 5.74) is 2.66. The van der Waals surface area contributed by atoms with Gasteiger partial charge in [-0.25, -0.2) is 0 Å². The van der Waals surface area contributed by atoms with Gasteiger partial charge >= 0.3 is 0 Å². The predicted molar refractivity (Wildman–Crippen MR) is 62.1 cm³/mol. The van der Waals surface area contributed by atoms with Crippen LogP contribution in [0.4, 0.5) is 0 Å². The molecule has 0 radical (unpaired) electrons. The van der Waals surface area contributed by atoms with Gasteiger partial charge in [-0.1, -0.05) is 24.3 Å². The summed E-state index contributed by atoms with van der Waals surface area (Å²) in [6.07, 6.45) is 2.05. The summed E-state index contributed by atoms with van der Waals surface area (Å²) in [7, 11) is 0. The molecule has 1 aromatic rings. The van der Waals surface area contributed by atoms with Crippen LogP contribution in [0.25, 0.3) is 0 Å². The van der Waals surface area contributed by atoms with E-state index in [0.29, 0.717) is 0 Å². The molecular weight excluding hydrogens is 206 g/mol. The van der Waals surface area contributed by atoms with Crippen LogP contribution in [0.2, 0.25) is 0 Å². The van der Waals surface area contributed by atoms with E-state index in [4.69, 9.17) is 0 Å². The molecule has 0 saturated carbocycles. The van der Waals surface area contributed by atoms with Crippen molar-refractivity contribution in [3.8, 4) is 0 Å². The fourth-order valence-electron chi connectivity index (χ4n) is 2.82. The van der Waals surface area contributed by atoms with Gasteiger partial charge in [-0.15, -0.1) is 0 Å². The number of rotatable bonds is 0. The lowest BCUT2D eigenvalue weighted by molar-refractivity contribution is 0.401. The van der Waals surface area contributed by atoms with Crippen molar-refractivity contribution >= 4 is 11.2 Å². The number of nitrogens with one attached hydrogen (secondary N) is 1. The SMILES string of the molecule is [O-][S@+]1Cc2ccccc2C12CCNCC2. The van der Waals surface area contributed by atoms with Gasteiger partial charge in [-0.3, -0.25) is 0 Å². The van der Waals surface area contributed by atoms with E-state index in [0.717, 1.165) is 31.7 Å². The summed E-state index contributed by atoms with van der Waals surface area (Å²) < 4.78 is 12.3. The van der Waals surface area contributed by atoms with E-state index in [-0.39, 0.29) is 4.75 Å². The average molecular weight is 221 g/mol. The van der Waals surface area contributed by atoms with Crippen molar-refractivity contribution in [1.29, 1.82) is 0 Å². The zero-order valence-electron chi connectivity index (χ0n) is 8.66. The van der Waals surface area contributed by atoms with Crippen LogP contribution in [0.1, 0.15) is 24.0 Å². The minimum Gasteiger partial charge on any atom is -0.615 e. The Morgan fingerprint density at radius 1 is 1.20 bits per heavy atom. The van der Waals surface area contributed by atoms with E-state index in [9.17, 15) is 4.55 Å². The smallest absolute Gasteiger partial charge is 0.153 e. The quantitative estimate of drug-likeness (QED) is 0.674. The van der Waals surface area contributed by atoms with Crippen molar-refractivity contribution in [2.24, 2.45) is 0 Å². The minimum atomic E-state index is -0.704. The highest BCUT2D eigenvalue weighted by atomic mass is 32.2. The number of hydrogen-bond donors (Lipinski definition) is 1. The van der Waals surface area contributed by atoms with Gasteiger partial charge in [0.2, 0.25) is 0 Å². The maximum atomic E-state index is 12.3. The normalized spacial score (nSPS) is 27.9. The van der Waals surface area contributed by atoms with Crippen molar-refractivity contribution in [3.05, 3.63) is 35.4 Å². The van der Waals surface area contributed by atoms with Gasteiger partial charge in [0.25, 0.3) is 0 Å². The summed E-state index contributed by atoms with van der Waals surface area (Å²) in [5, 5.41) is 3.35. The van der Waals surface area contributed by atoms with Crippen LogP contribution in [0.3, 0.4) is 0 Å². The third-order valence-electron chi connectivity index (χ3n) is 3.64. The van der Waals surface area contributed by atoms with Crippen molar-refractivity contribution in [1.82, 2.24) is 5.32 Å². The molecule has 2 heterocycles. The lowest BCUT2D eigenvalue weighted by atomic mass is 9.87. The Morgan fingerprint density at radius 3 is 2.73 bits per heavy atom. The Kier molecular flexibility index (Phi) is 2.27. The Labute approximate surface area is 93.3 Å². The second-order valence-corrected chi connectivity index (χ2v) is 6.15. The second kappa shape index (κ2) is 3.51. The molecule has 0 aliphatic carbocycles. The second-order valence-electron chi connectivity index (χ2n) is 4.39. The topological polar surface area (TPSA) is 35.1 Å². The summed E-state index contributed by atoms with van der Waals surface area (Å²) in [5.74, 6) is 0.760. The molecule has 0 amide bonds. The van der Waals surface area contributed by atoms with Crippen LogP contribution in [-0.2, 0) is 21.7 Å². The van der Waals surface area contributed by atoms with Crippen molar-refractivity contribution in [2.75, 3.05) is 13.1 Å². The molecule has 80 valence electrons. The van der Waals surface area contributed by atoms with Gasteiger partial charge in [-0.05, 0) is 11.2 Å². The van der Waals surface area contributed by atoms with E-state index in [1.807, 2.05) is 0 Å². The largest absolute Gasteiger partial charge is 0.615 e. The van der Waals surface area contributed by atoms with Gasteiger partial charge in [0, 0.05) is 37.1 Å². The van der Waals surface area contributed by atoms with Crippen molar-refractivity contribution in [2.45, 2.75) is 23.3 Å². The van der Waals surface area contributed by atoms with Crippen LogP contribution in [0.15, 0.2) is 24.3 Å². The maximum absolute atomic E-state index is 12.3. The minimum absolute atomic E-state index is 0.0259. The molecule has 1 N–H and O–H groups in total. The monoisotopic (exact) mass is 221 g/mol. The summed E-state index contributed by atoms with van der Waals surface area (Å²) >= 11 is -0.704. The molecule has 2 aliphatic heterocycles. The molecular formula is C12H15NOS. The van der Waals surface area contributed by atoms with Gasteiger partial charge in [0.15, 0.2) is 4.75 Å². The molecule has 2 nitrogen and oxygen atoms in total. The highest BCUT2D eigenvalue weighted by Crippen LogP contribution is 2.47. The van der Waals surface area contributed by atoms with E-state index >= 15 is 0 Å². The van der Waals surface area contributed by atoms with Crippen LogP contribution in [0.5, 0.6) is 0 Å². The van der Waals surface area contributed by atoms with E-state index < -0.39 is 11.2 Å². The zero-order chi connectivity index (χ0) is 10.3. The fourth-order valence-corrected chi connectivity index (χ4v) is 4.73. The van der Waals surface area contributed by atoms with Crippen molar-refractivity contribution in [3.63, 3.8) is 0 Å². The summed E-state index contributed by atoms with van der Waals surface area (Å²) in [6.45, 7) is 2.00. The Balaban J connectivity index is 2.07. The first-order valence-corrected chi connectivity index (χ1v) is 6.82. The lowest BCUT2D eigenvalue weighted by Gasteiger charge is -2.34. The molecule has 0 aromatic heterocycles. The first-order chi connectivity index (χ1) is 7.33. The molecule has 3 rings (SSSR count). The molecule has 1 atom stereocenters. The zero-order valence-corrected chi connectivity index (χ0v) is 9.48. The molecule has 0 unspecified atom stereocenters. The highest BCUT2D eigenvalue weighted by molar-refractivity contribution is 7.92. The molecule has 2 aliphatic rings. The summed E-state index contributed by atoms with van der Waals surface area (Å²) in [6, 6.07) is 8.43. The van der Waals surface area contributed by atoms with Crippen LogP contribution >= 0.6 is 0 Å². The third kappa shape index (κ3) is 1.34. The van der Waals surface area contributed by atoms with Crippen molar-refractivity contribution < 1.29 is 4.55 Å². The molecule has 1 aromatic carbocycles. The van der Waals surface area contributed by atoms with Gasteiger partial charge in [-0.2, -0.15) is 0 Å². The summed E-state index contributed by atoms with van der Waals surface area (Å²) in [4.78, 5) is 0. The number of benzene rings is 1. The van der Waals surface area contributed by atoms with Crippen LogP contribution < -0.4 is 5.32 Å². The number of piperidine rings is 1. The van der Waals surface area contributed by atoms with Gasteiger partial charge in [0.05, 0.1) is 0 Å². The predicted octanol–water partition coefficient (Wildman–Crippen LogP) is 1.53. The Hall–Kier alpha value is -0.510. The van der Waals surface area contributed by atoms with Gasteiger partial charge in [0.1, 0.15) is 5.75 Å². The first-order valence-electron chi connectivity index (χ1n) is 5.50. The number of hydrogen-bond acceptors (Lipinski definition) is 2. The molecule has 3 heteroatoms. The number of fused-ring (bicyclic) bond motifs is 2. The van der Waals surface area contributed by atoms with Crippen LogP contribution in [0, 0.1) is 0 Å². The fraction of sp³-hybridized carbons (Fsp3) is 0.500. The molecule has 0 bridgehead atoms. The van der Waals surface area contributed by atoms with E-state index in [2.05, 4.69) is 29.6 Å². The lowest BCUT2D eigenvalue weighted by Crippen LogP contribution is -2.43. The van der Waals surface area contributed by atoms with E-state index in [1.54, 1.807) is 0 Å². The van der Waals surface area contributed by atoms with E-state index in [1.165, 1.54) is 11.1 Å². The Morgan fingerprint density at radius 2 is 1.93 bits per heavy atom. The molecule has 15 heavy (non-hydrogen) atoms. The molecule has 1 spiro atoms. The van der Waals surface area contributed by atoms with Crippen LogP contribution in [-0.4, -0.2) is 17.6 Å². The Bertz CT molecular complexity index is 374. The molecule has 1 fully saturated rings. The maximum Gasteiger partial charge on any atom is 0.153 e. The standard InChI is InChI=1S/C12H15NOS/c14-15-9-10-3-1-2-4-11(10)12(15)5-7-13-8-6-12/h1-4,13H,5-9H2/t15-/m1/s1. The molecule has 1 saturated heterocycles. The third-order valence-corrected chi connectivity index (χ3v) is 5.71. The average Bonchev–Trinajstić information content (AvgIpc) is 2.55. The van der Waals surface area contributed by atoms with Gasteiger partial charge < -0.3 is 9.87 Å². The first kappa shape index (κ1) is 9.70. The highest BCUT2D eigenvalue weighted by Gasteiger charge is 2.50.